The van der Waals surface area contributed by atoms with Crippen LogP contribution in [0, 0.1) is 10.1 Å². The van der Waals surface area contributed by atoms with Gasteiger partial charge in [-0.3, -0.25) is 10.1 Å². The standard InChI is InChI=1S/C24H22N4O5/c1-26(2)13-5-7-15-19(11-13)33-20-12-14(27(3)4)6-8-16(20)21(15)17-9-10-18(28(31)32)23(25)22(17)24(29)30/h5-12H,25H2,1-4H3/p+1. The van der Waals surface area contributed by atoms with Crippen molar-refractivity contribution in [3.63, 3.8) is 0 Å². The summed E-state index contributed by atoms with van der Waals surface area (Å²) in [6, 6.07) is 13.9. The van der Waals surface area contributed by atoms with Gasteiger partial charge in [-0.05, 0) is 24.3 Å². The summed E-state index contributed by atoms with van der Waals surface area (Å²) < 4.78 is 8.17. The molecule has 168 valence electrons. The Bertz CT molecular complexity index is 1480. The second-order valence-electron chi connectivity index (χ2n) is 8.11. The minimum Gasteiger partial charge on any atom is -0.478 e. The number of carbonyl (C=O) groups is 1. The van der Waals surface area contributed by atoms with Gasteiger partial charge in [0.2, 0.25) is 5.36 Å². The van der Waals surface area contributed by atoms with E-state index in [1.54, 1.807) is 0 Å². The van der Waals surface area contributed by atoms with E-state index in [1.165, 1.54) is 12.1 Å². The van der Waals surface area contributed by atoms with Gasteiger partial charge in [0.25, 0.3) is 5.69 Å². The Balaban J connectivity index is 2.21. The van der Waals surface area contributed by atoms with Crippen LogP contribution in [0.15, 0.2) is 52.9 Å². The van der Waals surface area contributed by atoms with Gasteiger partial charge >= 0.3 is 5.97 Å². The number of nitrogen functional groups attached to an aromatic ring is 1. The third-order valence-electron chi connectivity index (χ3n) is 5.62. The molecule has 2 aliphatic rings. The maximum Gasteiger partial charge on any atom is 0.338 e. The molecular formula is C24H23N4O5+. The number of carboxylic acid groups (broad SMARTS) is 1. The molecule has 0 aromatic heterocycles. The van der Waals surface area contributed by atoms with Crippen molar-refractivity contribution >= 4 is 34.0 Å². The van der Waals surface area contributed by atoms with Crippen LogP contribution in [-0.2, 0) is 0 Å². The molecule has 2 aromatic carbocycles. The summed E-state index contributed by atoms with van der Waals surface area (Å²) in [4.78, 5) is 24.8. The van der Waals surface area contributed by atoms with Crippen molar-refractivity contribution in [1.82, 2.24) is 4.58 Å². The Hall–Kier alpha value is -4.40. The normalized spacial score (nSPS) is 11.0. The first-order valence-corrected chi connectivity index (χ1v) is 10.1. The Morgan fingerprint density at radius 3 is 2.36 bits per heavy atom. The van der Waals surface area contributed by atoms with Gasteiger partial charge in [0, 0.05) is 60.1 Å². The zero-order valence-corrected chi connectivity index (χ0v) is 18.6. The van der Waals surface area contributed by atoms with Crippen LogP contribution in [0.25, 0.3) is 33.4 Å². The number of hydrogen-bond acceptors (Lipinski definition) is 6. The largest absolute Gasteiger partial charge is 0.478 e. The molecule has 2 aromatic rings. The average Bonchev–Trinajstić information content (AvgIpc) is 2.75. The molecule has 0 atom stereocenters. The number of nitrogens with zero attached hydrogens (tertiary/aromatic N) is 3. The van der Waals surface area contributed by atoms with Gasteiger partial charge < -0.3 is 20.2 Å². The van der Waals surface area contributed by atoms with Crippen LogP contribution in [-0.4, -0.2) is 44.2 Å². The van der Waals surface area contributed by atoms with Crippen molar-refractivity contribution in [3.8, 4) is 22.5 Å². The van der Waals surface area contributed by atoms with Crippen LogP contribution in [0.2, 0.25) is 0 Å². The quantitative estimate of drug-likeness (QED) is 0.161. The van der Waals surface area contributed by atoms with Crippen LogP contribution >= 0.6 is 0 Å². The van der Waals surface area contributed by atoms with Gasteiger partial charge in [-0.2, -0.15) is 0 Å². The Morgan fingerprint density at radius 2 is 1.76 bits per heavy atom. The lowest BCUT2D eigenvalue weighted by Crippen LogP contribution is -2.21. The van der Waals surface area contributed by atoms with Gasteiger partial charge in [-0.25, -0.2) is 9.37 Å². The monoisotopic (exact) mass is 447 g/mol. The van der Waals surface area contributed by atoms with Crippen LogP contribution in [0.5, 0.6) is 0 Å². The highest BCUT2D eigenvalue weighted by Gasteiger charge is 2.27. The fourth-order valence-corrected chi connectivity index (χ4v) is 3.92. The minimum atomic E-state index is -1.34. The van der Waals surface area contributed by atoms with E-state index in [2.05, 4.69) is 0 Å². The maximum absolute atomic E-state index is 12.2. The minimum absolute atomic E-state index is 0.284. The van der Waals surface area contributed by atoms with E-state index >= 15 is 0 Å². The van der Waals surface area contributed by atoms with Crippen molar-refractivity contribution < 1.29 is 19.2 Å². The number of nitro groups is 1. The first kappa shape index (κ1) is 21.8. The highest BCUT2D eigenvalue weighted by atomic mass is 16.6. The Kier molecular flexibility index (Phi) is 5.25. The Labute approximate surface area is 189 Å². The van der Waals surface area contributed by atoms with Crippen LogP contribution in [0.3, 0.4) is 0 Å². The lowest BCUT2D eigenvalue weighted by Gasteiger charge is -2.19. The molecule has 0 spiro atoms. The number of benzene rings is 3. The fraction of sp³-hybridized carbons (Fsp3) is 0.167. The van der Waals surface area contributed by atoms with E-state index in [0.29, 0.717) is 27.9 Å². The summed E-state index contributed by atoms with van der Waals surface area (Å²) in [6.07, 6.45) is 0. The summed E-state index contributed by atoms with van der Waals surface area (Å²) in [5.74, 6) is -0.795. The second kappa shape index (κ2) is 7.94. The predicted molar refractivity (Wildman–Crippen MR) is 128 cm³/mol. The molecule has 0 unspecified atom stereocenters. The highest BCUT2D eigenvalue weighted by Crippen LogP contribution is 2.44. The molecule has 1 aliphatic carbocycles. The van der Waals surface area contributed by atoms with Crippen LogP contribution in [0.1, 0.15) is 10.4 Å². The van der Waals surface area contributed by atoms with E-state index in [0.717, 1.165) is 11.0 Å². The Morgan fingerprint density at radius 1 is 1.06 bits per heavy atom. The third kappa shape index (κ3) is 3.63. The van der Waals surface area contributed by atoms with Crippen molar-refractivity contribution in [3.05, 3.63) is 69.6 Å². The molecule has 33 heavy (non-hydrogen) atoms. The number of nitrogens with two attached hydrogens (primary N) is 1. The zero-order chi connectivity index (χ0) is 24.0. The first-order chi connectivity index (χ1) is 15.6. The van der Waals surface area contributed by atoms with E-state index in [1.807, 2.05) is 74.1 Å². The molecular weight excluding hydrogens is 424 g/mol. The number of hydrogen-bond donors (Lipinski definition) is 2. The van der Waals surface area contributed by atoms with Crippen LogP contribution in [0.4, 0.5) is 17.1 Å². The van der Waals surface area contributed by atoms with Crippen molar-refractivity contribution in [2.24, 2.45) is 0 Å². The number of fused-ring (bicyclic) bond motifs is 2. The van der Waals surface area contributed by atoms with E-state index in [9.17, 15) is 20.0 Å². The number of anilines is 2. The van der Waals surface area contributed by atoms with Gasteiger partial charge in [-0.15, -0.1) is 0 Å². The average molecular weight is 447 g/mol. The molecule has 0 saturated carbocycles. The molecule has 0 bridgehead atoms. The molecule has 0 amide bonds. The van der Waals surface area contributed by atoms with Gasteiger partial charge in [0.15, 0.2) is 0 Å². The fourth-order valence-electron chi connectivity index (χ4n) is 3.92. The molecule has 1 heterocycles. The van der Waals surface area contributed by atoms with Gasteiger partial charge in [0.05, 0.1) is 16.6 Å². The summed E-state index contributed by atoms with van der Waals surface area (Å²) in [6.45, 7) is 0. The third-order valence-corrected chi connectivity index (χ3v) is 5.62. The van der Waals surface area contributed by atoms with E-state index in [-0.39, 0.29) is 16.8 Å². The number of nitro benzene ring substituents is 1. The number of carboxylic acids is 1. The molecule has 9 nitrogen and oxygen atoms in total. The number of rotatable bonds is 4. The van der Waals surface area contributed by atoms with E-state index < -0.39 is 16.6 Å². The summed E-state index contributed by atoms with van der Waals surface area (Å²) in [7, 11) is 7.64. The molecule has 3 N–H and O–H groups in total. The van der Waals surface area contributed by atoms with E-state index in [4.69, 9.17) is 10.2 Å². The van der Waals surface area contributed by atoms with Crippen molar-refractivity contribution in [2.45, 2.75) is 0 Å². The van der Waals surface area contributed by atoms with Crippen molar-refractivity contribution in [2.75, 3.05) is 38.8 Å². The molecule has 4 rings (SSSR count). The molecule has 0 fully saturated rings. The SMILES string of the molecule is CN(C)c1ccc2c(-c3ccc([N+](=O)[O-])c(N)c3C(=O)O)c3ccc(=[N+](C)C)cc-3oc2c1. The zero-order valence-electron chi connectivity index (χ0n) is 18.6. The topological polar surface area (TPSA) is 126 Å². The summed E-state index contributed by atoms with van der Waals surface area (Å²) >= 11 is 0. The lowest BCUT2D eigenvalue weighted by molar-refractivity contribution is -0.383. The first-order valence-electron chi connectivity index (χ1n) is 10.1. The second-order valence-corrected chi connectivity index (χ2v) is 8.11. The molecule has 1 aliphatic heterocycles. The molecule has 9 heteroatoms. The highest BCUT2D eigenvalue weighted by molar-refractivity contribution is 6.11. The lowest BCUT2D eigenvalue weighted by atomic mass is 9.89. The van der Waals surface area contributed by atoms with Gasteiger partial charge in [-0.1, -0.05) is 0 Å². The summed E-state index contributed by atoms with van der Waals surface area (Å²) in [5, 5.41) is 22.9. The predicted octanol–water partition coefficient (Wildman–Crippen LogP) is 3.49. The van der Waals surface area contributed by atoms with Crippen LogP contribution < -0.4 is 20.6 Å². The molecule has 0 saturated heterocycles. The number of aromatic carboxylic acids is 1. The smallest absolute Gasteiger partial charge is 0.338 e. The summed E-state index contributed by atoms with van der Waals surface area (Å²) in [5.41, 5.74) is 7.82. The van der Waals surface area contributed by atoms with Gasteiger partial charge in [0.1, 0.15) is 31.1 Å². The molecule has 0 radical (unpaired) electrons. The maximum atomic E-state index is 12.2. The van der Waals surface area contributed by atoms with Crippen molar-refractivity contribution in [1.29, 1.82) is 0 Å².